The second-order valence-electron chi connectivity index (χ2n) is 5.60. The summed E-state index contributed by atoms with van der Waals surface area (Å²) < 4.78 is 22.9. The first-order chi connectivity index (χ1) is 8.31. The molecule has 1 saturated carbocycles. The van der Waals surface area contributed by atoms with E-state index < -0.39 is 9.84 Å². The van der Waals surface area contributed by atoms with Gasteiger partial charge in [0.05, 0.1) is 11.9 Å². The molecule has 4 heteroatoms. The predicted octanol–water partition coefficient (Wildman–Crippen LogP) is 1.69. The van der Waals surface area contributed by atoms with Crippen LogP contribution in [0.2, 0.25) is 0 Å². The van der Waals surface area contributed by atoms with Crippen LogP contribution in [-0.2, 0) is 21.7 Å². The van der Waals surface area contributed by atoms with Gasteiger partial charge in [0.1, 0.15) is 9.84 Å². The van der Waals surface area contributed by atoms with Crippen molar-refractivity contribution in [2.24, 2.45) is 0 Å². The van der Waals surface area contributed by atoms with Gasteiger partial charge in [-0.2, -0.15) is 0 Å². The number of aliphatic hydroxyl groups is 1. The minimum absolute atomic E-state index is 0.142. The maximum atomic E-state index is 11.4. The van der Waals surface area contributed by atoms with Gasteiger partial charge in [0.15, 0.2) is 0 Å². The highest BCUT2D eigenvalue weighted by Gasteiger charge is 2.46. The van der Waals surface area contributed by atoms with E-state index in [0.717, 1.165) is 24.0 Å². The Hall–Kier alpha value is -0.870. The summed E-state index contributed by atoms with van der Waals surface area (Å²) in [6.45, 7) is 1.76. The molecule has 0 aliphatic heterocycles. The highest BCUT2D eigenvalue weighted by Crippen LogP contribution is 2.49. The second kappa shape index (κ2) is 4.67. The first kappa shape index (κ1) is 13.6. The van der Waals surface area contributed by atoms with Gasteiger partial charge in [-0.1, -0.05) is 24.3 Å². The van der Waals surface area contributed by atoms with E-state index in [-0.39, 0.29) is 17.3 Å². The van der Waals surface area contributed by atoms with Gasteiger partial charge < -0.3 is 5.11 Å². The summed E-state index contributed by atoms with van der Waals surface area (Å²) in [5.41, 5.74) is 2.06. The third kappa shape index (κ3) is 3.33. The molecule has 0 spiro atoms. The third-order valence-electron chi connectivity index (χ3n) is 3.49. The first-order valence-corrected chi connectivity index (χ1v) is 8.32. The predicted molar refractivity (Wildman–Crippen MR) is 72.4 cm³/mol. The summed E-state index contributed by atoms with van der Waals surface area (Å²) in [7, 11) is -2.94. The Morgan fingerprint density at radius 3 is 2.22 bits per heavy atom. The number of aliphatic hydroxyl groups excluding tert-OH is 1. The summed E-state index contributed by atoms with van der Waals surface area (Å²) >= 11 is 0. The van der Waals surface area contributed by atoms with E-state index in [9.17, 15) is 13.5 Å². The van der Waals surface area contributed by atoms with Gasteiger partial charge in [-0.15, -0.1) is 0 Å². The summed E-state index contributed by atoms with van der Waals surface area (Å²) in [5, 5.41) is 9.32. The Kier molecular flexibility index (Phi) is 3.52. The minimum Gasteiger partial charge on any atom is -0.393 e. The lowest BCUT2D eigenvalue weighted by atomic mass is 9.96. The van der Waals surface area contributed by atoms with E-state index in [2.05, 4.69) is 0 Å². The van der Waals surface area contributed by atoms with Gasteiger partial charge in [0.2, 0.25) is 0 Å². The van der Waals surface area contributed by atoms with E-state index in [1.807, 2.05) is 24.3 Å². The molecule has 1 unspecified atom stereocenters. The molecule has 1 aromatic rings. The average molecular weight is 268 g/mol. The summed E-state index contributed by atoms with van der Waals surface area (Å²) in [4.78, 5) is 0. The van der Waals surface area contributed by atoms with Crippen LogP contribution in [0.3, 0.4) is 0 Å². The van der Waals surface area contributed by atoms with Crippen LogP contribution in [0.4, 0.5) is 0 Å². The molecule has 1 aromatic carbocycles. The molecule has 2 rings (SSSR count). The number of hydrogen-bond donors (Lipinski definition) is 1. The third-order valence-corrected chi connectivity index (χ3v) is 4.57. The van der Waals surface area contributed by atoms with Crippen molar-refractivity contribution in [3.8, 4) is 0 Å². The van der Waals surface area contributed by atoms with Crippen LogP contribution in [0.25, 0.3) is 0 Å². The number of benzene rings is 1. The van der Waals surface area contributed by atoms with E-state index in [1.165, 1.54) is 6.26 Å². The number of hydrogen-bond acceptors (Lipinski definition) is 3. The molecule has 1 aliphatic carbocycles. The maximum Gasteiger partial charge on any atom is 0.148 e. The van der Waals surface area contributed by atoms with Crippen LogP contribution in [-0.4, -0.2) is 31.6 Å². The molecular formula is C14H20O3S. The molecule has 0 heterocycles. The average Bonchev–Trinajstić information content (AvgIpc) is 2.96. The lowest BCUT2D eigenvalue weighted by Crippen LogP contribution is -2.19. The second-order valence-corrected chi connectivity index (χ2v) is 7.74. The van der Waals surface area contributed by atoms with Crippen LogP contribution < -0.4 is 0 Å². The molecule has 3 nitrogen and oxygen atoms in total. The van der Waals surface area contributed by atoms with Crippen molar-refractivity contribution in [1.82, 2.24) is 0 Å². The smallest absolute Gasteiger partial charge is 0.148 e. The summed E-state index contributed by atoms with van der Waals surface area (Å²) in [6, 6.07) is 8.00. The van der Waals surface area contributed by atoms with E-state index >= 15 is 0 Å². The zero-order valence-electron chi connectivity index (χ0n) is 10.9. The maximum absolute atomic E-state index is 11.4. The van der Waals surface area contributed by atoms with Crippen LogP contribution in [0.5, 0.6) is 0 Å². The minimum atomic E-state index is -2.94. The Morgan fingerprint density at radius 2 is 1.83 bits per heavy atom. The molecule has 1 atom stereocenters. The SMILES string of the molecule is CC(O)Cc1ccc(C2(CS(C)(=O)=O)CC2)cc1. The van der Waals surface area contributed by atoms with Gasteiger partial charge in [-0.05, 0) is 37.3 Å². The molecule has 1 fully saturated rings. The largest absolute Gasteiger partial charge is 0.393 e. The van der Waals surface area contributed by atoms with Crippen LogP contribution >= 0.6 is 0 Å². The van der Waals surface area contributed by atoms with Crippen LogP contribution in [0.15, 0.2) is 24.3 Å². The number of sulfone groups is 1. The van der Waals surface area contributed by atoms with Crippen LogP contribution in [0.1, 0.15) is 30.9 Å². The monoisotopic (exact) mass is 268 g/mol. The highest BCUT2D eigenvalue weighted by molar-refractivity contribution is 7.90. The Bertz CT molecular complexity index is 510. The molecule has 0 radical (unpaired) electrons. The van der Waals surface area contributed by atoms with Crippen molar-refractivity contribution in [3.05, 3.63) is 35.4 Å². The molecule has 18 heavy (non-hydrogen) atoms. The fraction of sp³-hybridized carbons (Fsp3) is 0.571. The van der Waals surface area contributed by atoms with Gasteiger partial charge >= 0.3 is 0 Å². The van der Waals surface area contributed by atoms with Crippen molar-refractivity contribution < 1.29 is 13.5 Å². The summed E-state index contributed by atoms with van der Waals surface area (Å²) in [6.07, 6.45) is 3.50. The molecule has 0 saturated heterocycles. The lowest BCUT2D eigenvalue weighted by Gasteiger charge is -2.15. The van der Waals surface area contributed by atoms with Crippen molar-refractivity contribution in [3.63, 3.8) is 0 Å². The Morgan fingerprint density at radius 1 is 1.28 bits per heavy atom. The van der Waals surface area contributed by atoms with Crippen LogP contribution in [0, 0.1) is 0 Å². The molecule has 1 aliphatic rings. The molecule has 0 amide bonds. The standard InChI is InChI=1S/C14H20O3S/c1-11(15)9-12-3-5-13(6-4-12)14(7-8-14)10-18(2,16)17/h3-6,11,15H,7-10H2,1-2H3. The zero-order valence-corrected chi connectivity index (χ0v) is 11.7. The van der Waals surface area contributed by atoms with Crippen molar-refractivity contribution in [2.75, 3.05) is 12.0 Å². The molecular weight excluding hydrogens is 248 g/mol. The van der Waals surface area contributed by atoms with E-state index in [4.69, 9.17) is 0 Å². The molecule has 0 bridgehead atoms. The normalized spacial score (nSPS) is 19.5. The highest BCUT2D eigenvalue weighted by atomic mass is 32.2. The zero-order chi connectivity index (χ0) is 13.4. The van der Waals surface area contributed by atoms with Gasteiger partial charge in [-0.3, -0.25) is 0 Å². The van der Waals surface area contributed by atoms with Gasteiger partial charge in [-0.25, -0.2) is 8.42 Å². The molecule has 1 N–H and O–H groups in total. The first-order valence-electron chi connectivity index (χ1n) is 6.26. The lowest BCUT2D eigenvalue weighted by molar-refractivity contribution is 0.195. The summed E-state index contributed by atoms with van der Waals surface area (Å²) in [5.74, 6) is 0.246. The van der Waals surface area contributed by atoms with E-state index in [1.54, 1.807) is 6.92 Å². The van der Waals surface area contributed by atoms with Gasteiger partial charge in [0.25, 0.3) is 0 Å². The van der Waals surface area contributed by atoms with Gasteiger partial charge in [0, 0.05) is 11.7 Å². The Balaban J connectivity index is 2.15. The van der Waals surface area contributed by atoms with E-state index in [0.29, 0.717) is 6.42 Å². The fourth-order valence-electron chi connectivity index (χ4n) is 2.50. The quantitative estimate of drug-likeness (QED) is 0.884. The molecule has 100 valence electrons. The fourth-order valence-corrected chi connectivity index (χ4v) is 3.96. The molecule has 0 aromatic heterocycles. The van der Waals surface area contributed by atoms with Crippen molar-refractivity contribution in [2.45, 2.75) is 37.7 Å². The van der Waals surface area contributed by atoms with Crippen molar-refractivity contribution in [1.29, 1.82) is 0 Å². The van der Waals surface area contributed by atoms with Crippen molar-refractivity contribution >= 4 is 9.84 Å². The topological polar surface area (TPSA) is 54.4 Å². The number of rotatable bonds is 5. The Labute approximate surface area is 109 Å².